The number of amides is 1. The summed E-state index contributed by atoms with van der Waals surface area (Å²) in [6, 6.07) is 24.6. The summed E-state index contributed by atoms with van der Waals surface area (Å²) in [6.07, 6.45) is -4.81. The summed E-state index contributed by atoms with van der Waals surface area (Å²) in [6.45, 7) is 4.06. The van der Waals surface area contributed by atoms with Gasteiger partial charge in [-0.3, -0.25) is 4.79 Å². The first-order valence-electron chi connectivity index (χ1n) is 13.0. The number of nitrogens with one attached hydrogen (secondary N) is 1. The second-order valence-corrected chi connectivity index (χ2v) is 9.81. The lowest BCUT2D eigenvalue weighted by atomic mass is 9.99. The van der Waals surface area contributed by atoms with Crippen molar-refractivity contribution in [3.05, 3.63) is 119 Å². The van der Waals surface area contributed by atoms with Crippen molar-refractivity contribution in [3.63, 3.8) is 0 Å². The zero-order valence-corrected chi connectivity index (χ0v) is 22.6. The second-order valence-electron chi connectivity index (χ2n) is 9.81. The van der Waals surface area contributed by atoms with E-state index in [0.29, 0.717) is 28.8 Å². The highest BCUT2D eigenvalue weighted by Gasteiger charge is 2.31. The smallest absolute Gasteiger partial charge is 0.478 e. The zero-order chi connectivity index (χ0) is 30.0. The Morgan fingerprint density at radius 2 is 1.71 bits per heavy atom. The number of halogens is 3. The minimum Gasteiger partial charge on any atom is -0.478 e. The number of benzene rings is 4. The van der Waals surface area contributed by atoms with Gasteiger partial charge in [0.15, 0.2) is 0 Å². The molecule has 214 valence electrons. The van der Waals surface area contributed by atoms with Crippen molar-refractivity contribution in [1.29, 1.82) is 0 Å². The summed E-state index contributed by atoms with van der Waals surface area (Å²) >= 11 is 0. The fourth-order valence-electron chi connectivity index (χ4n) is 4.83. The van der Waals surface area contributed by atoms with Crippen molar-refractivity contribution in [1.82, 2.24) is 14.9 Å². The van der Waals surface area contributed by atoms with Gasteiger partial charge >= 0.3 is 12.3 Å². The van der Waals surface area contributed by atoms with Gasteiger partial charge in [0.05, 0.1) is 22.6 Å². The van der Waals surface area contributed by atoms with Crippen LogP contribution in [0.3, 0.4) is 0 Å². The van der Waals surface area contributed by atoms with Crippen molar-refractivity contribution in [2.24, 2.45) is 0 Å². The van der Waals surface area contributed by atoms with Gasteiger partial charge in [-0.1, -0.05) is 54.6 Å². The van der Waals surface area contributed by atoms with Crippen LogP contribution in [0, 0.1) is 6.92 Å². The summed E-state index contributed by atoms with van der Waals surface area (Å²) in [4.78, 5) is 29.2. The number of rotatable bonds is 8. The standard InChI is InChI=1S/C32H26F3N3O4/c1-19(23-6-5-7-25(16-23)42-32(33,34)35)36-30(39)24-14-15-29-28(17-24)37-20(2)38(29)18-21-10-12-22(13-11-21)26-8-3-4-9-27(26)31(40)41/h3-17,19H,18H2,1-2H3,(H,36,39)(H,40,41)/t19-/m0/s1. The Balaban J connectivity index is 1.31. The Hall–Kier alpha value is -5.12. The number of carboxylic acid groups (broad SMARTS) is 1. The molecular weight excluding hydrogens is 547 g/mol. The van der Waals surface area contributed by atoms with Crippen molar-refractivity contribution < 1.29 is 32.6 Å². The third-order valence-corrected chi connectivity index (χ3v) is 6.90. The van der Waals surface area contributed by atoms with Crippen LogP contribution in [0.25, 0.3) is 22.2 Å². The molecule has 0 fully saturated rings. The lowest BCUT2D eigenvalue weighted by Gasteiger charge is -2.16. The number of aryl methyl sites for hydroxylation is 1. The first kappa shape index (κ1) is 28.4. The molecule has 42 heavy (non-hydrogen) atoms. The van der Waals surface area contributed by atoms with Gasteiger partial charge in [0.25, 0.3) is 5.91 Å². The molecule has 0 unspecified atom stereocenters. The largest absolute Gasteiger partial charge is 0.573 e. The van der Waals surface area contributed by atoms with Crippen LogP contribution in [0.15, 0.2) is 91.0 Å². The summed E-state index contributed by atoms with van der Waals surface area (Å²) in [5, 5.41) is 12.3. The van der Waals surface area contributed by atoms with Crippen LogP contribution >= 0.6 is 0 Å². The van der Waals surface area contributed by atoms with E-state index in [1.54, 1.807) is 49.4 Å². The monoisotopic (exact) mass is 573 g/mol. The maximum atomic E-state index is 13.0. The van der Waals surface area contributed by atoms with E-state index in [0.717, 1.165) is 22.5 Å². The molecule has 5 rings (SSSR count). The molecule has 0 saturated heterocycles. The first-order valence-corrected chi connectivity index (χ1v) is 13.0. The van der Waals surface area contributed by atoms with Crippen LogP contribution in [0.2, 0.25) is 0 Å². The quantitative estimate of drug-likeness (QED) is 0.206. The minimum absolute atomic E-state index is 0.236. The van der Waals surface area contributed by atoms with Gasteiger partial charge in [0, 0.05) is 12.1 Å². The number of carbonyl (C=O) groups is 2. The van der Waals surface area contributed by atoms with Gasteiger partial charge in [0.2, 0.25) is 0 Å². The molecule has 0 bridgehead atoms. The molecule has 0 saturated carbocycles. The van der Waals surface area contributed by atoms with Gasteiger partial charge in [-0.15, -0.1) is 13.2 Å². The molecule has 1 aromatic heterocycles. The van der Waals surface area contributed by atoms with Gasteiger partial charge in [-0.05, 0) is 72.5 Å². The highest BCUT2D eigenvalue weighted by molar-refractivity contribution is 5.98. The Morgan fingerprint density at radius 1 is 0.976 bits per heavy atom. The number of carbonyl (C=O) groups excluding carboxylic acids is 1. The lowest BCUT2D eigenvalue weighted by Crippen LogP contribution is -2.26. The number of aromatic nitrogens is 2. The maximum Gasteiger partial charge on any atom is 0.573 e. The molecule has 1 amide bonds. The Morgan fingerprint density at radius 3 is 2.43 bits per heavy atom. The zero-order valence-electron chi connectivity index (χ0n) is 22.6. The maximum absolute atomic E-state index is 13.0. The summed E-state index contributed by atoms with van der Waals surface area (Å²) in [5.41, 5.74) is 4.94. The third-order valence-electron chi connectivity index (χ3n) is 6.90. The molecule has 1 heterocycles. The molecular formula is C32H26F3N3O4. The van der Waals surface area contributed by atoms with Crippen LogP contribution in [-0.4, -0.2) is 32.9 Å². The van der Waals surface area contributed by atoms with E-state index in [2.05, 4.69) is 15.0 Å². The molecule has 10 heteroatoms. The second kappa shape index (κ2) is 11.4. The first-order chi connectivity index (χ1) is 20.0. The molecule has 0 spiro atoms. The lowest BCUT2D eigenvalue weighted by molar-refractivity contribution is -0.274. The van der Waals surface area contributed by atoms with E-state index in [-0.39, 0.29) is 11.3 Å². The van der Waals surface area contributed by atoms with Crippen molar-refractivity contribution in [2.45, 2.75) is 32.8 Å². The van der Waals surface area contributed by atoms with Gasteiger partial charge in [-0.25, -0.2) is 9.78 Å². The summed E-state index contributed by atoms with van der Waals surface area (Å²) in [5.74, 6) is -0.987. The highest BCUT2D eigenvalue weighted by Crippen LogP contribution is 2.27. The van der Waals surface area contributed by atoms with E-state index in [1.807, 2.05) is 41.8 Å². The van der Waals surface area contributed by atoms with Crippen LogP contribution < -0.4 is 10.1 Å². The number of ether oxygens (including phenoxy) is 1. The molecule has 0 radical (unpaired) electrons. The number of hydrogen-bond donors (Lipinski definition) is 2. The van der Waals surface area contributed by atoms with Crippen molar-refractivity contribution in [3.8, 4) is 16.9 Å². The Kier molecular flexibility index (Phi) is 7.71. The minimum atomic E-state index is -4.81. The molecule has 7 nitrogen and oxygen atoms in total. The normalized spacial score (nSPS) is 12.2. The molecule has 5 aromatic rings. The van der Waals surface area contributed by atoms with Crippen molar-refractivity contribution in [2.75, 3.05) is 0 Å². The fraction of sp³-hybridized carbons (Fsp3) is 0.156. The van der Waals surface area contributed by atoms with E-state index >= 15 is 0 Å². The number of imidazole rings is 1. The predicted octanol–water partition coefficient (Wildman–Crippen LogP) is 7.15. The van der Waals surface area contributed by atoms with E-state index < -0.39 is 24.3 Å². The molecule has 0 aliphatic rings. The summed E-state index contributed by atoms with van der Waals surface area (Å²) in [7, 11) is 0. The average Bonchev–Trinajstić information content (AvgIpc) is 3.26. The highest BCUT2D eigenvalue weighted by atomic mass is 19.4. The molecule has 2 N–H and O–H groups in total. The molecule has 0 aliphatic heterocycles. The average molecular weight is 574 g/mol. The number of carboxylic acids is 1. The number of nitrogens with zero attached hydrogens (tertiary/aromatic N) is 2. The fourth-order valence-corrected chi connectivity index (χ4v) is 4.83. The van der Waals surface area contributed by atoms with E-state index in [1.165, 1.54) is 18.2 Å². The predicted molar refractivity (Wildman–Crippen MR) is 151 cm³/mol. The third kappa shape index (κ3) is 6.27. The van der Waals surface area contributed by atoms with Crippen LogP contribution in [0.5, 0.6) is 5.75 Å². The molecule has 1 atom stereocenters. The van der Waals surface area contributed by atoms with Gasteiger partial charge in [-0.2, -0.15) is 0 Å². The van der Waals surface area contributed by atoms with E-state index in [9.17, 15) is 27.9 Å². The SMILES string of the molecule is Cc1nc2cc(C(=O)N[C@@H](C)c3cccc(OC(F)(F)F)c3)ccc2n1Cc1ccc(-c2ccccc2C(=O)O)cc1. The summed E-state index contributed by atoms with van der Waals surface area (Å²) < 4.78 is 43.8. The molecule has 4 aromatic carbocycles. The van der Waals surface area contributed by atoms with Crippen LogP contribution in [0.4, 0.5) is 13.2 Å². The Bertz CT molecular complexity index is 1780. The number of hydrogen-bond acceptors (Lipinski definition) is 4. The van der Waals surface area contributed by atoms with Gasteiger partial charge < -0.3 is 19.7 Å². The number of alkyl halides is 3. The van der Waals surface area contributed by atoms with E-state index in [4.69, 9.17) is 0 Å². The van der Waals surface area contributed by atoms with Crippen LogP contribution in [-0.2, 0) is 6.54 Å². The molecule has 0 aliphatic carbocycles. The number of aromatic carboxylic acids is 1. The topological polar surface area (TPSA) is 93.5 Å². The van der Waals surface area contributed by atoms with Crippen molar-refractivity contribution >= 4 is 22.9 Å². The Labute approximate surface area is 239 Å². The number of fused-ring (bicyclic) bond motifs is 1. The van der Waals surface area contributed by atoms with Crippen LogP contribution in [0.1, 0.15) is 50.6 Å². The van der Waals surface area contributed by atoms with Gasteiger partial charge in [0.1, 0.15) is 11.6 Å².